The van der Waals surface area contributed by atoms with Crippen LogP contribution < -0.4 is 154 Å². The molecule has 0 saturated carbocycles. The Morgan fingerprint density at radius 2 is 1.27 bits per heavy atom. The molecule has 22 heteroatoms. The van der Waals surface area contributed by atoms with Crippen LogP contribution in [0.2, 0.25) is 0 Å². The largest absolute Gasteiger partial charge is 1.00 e. The summed E-state index contributed by atoms with van der Waals surface area (Å²) in [5.41, 5.74) is -0.869. The molecule has 200 valence electrons. The summed E-state index contributed by atoms with van der Waals surface area (Å²) in [6, 6.07) is 7.61. The van der Waals surface area contributed by atoms with Crippen molar-refractivity contribution >= 4 is 62.6 Å². The molecule has 3 aromatic rings. The summed E-state index contributed by atoms with van der Waals surface area (Å²) in [6.45, 7) is -0.911. The van der Waals surface area contributed by atoms with Gasteiger partial charge in [-0.3, -0.25) is 4.18 Å². The molecule has 3 rings (SSSR count). The van der Waals surface area contributed by atoms with Crippen molar-refractivity contribution in [2.45, 2.75) is 14.7 Å². The van der Waals surface area contributed by atoms with Gasteiger partial charge in [0, 0.05) is 5.39 Å². The Labute approximate surface area is 357 Å². The standard InChI is InChI=1S/C18H16N2O13S4.3K/c21-18-15-6-5-14(35(24,25)26)9-11(15)10-16(36(27,28)29)17(18)20-19-12-1-3-13(4-2-12)34(22,23)8-7-33-37(30,31)32;;;/h1-6,9-10,21H,7-8H2,(H,24,25,26)(H,27,28,29)(H,30,31,32);;;/q;3*+1/p-3. The number of fused-ring (bicyclic) bond motifs is 1. The van der Waals surface area contributed by atoms with E-state index in [0.29, 0.717) is 6.07 Å². The molecule has 15 nitrogen and oxygen atoms in total. The van der Waals surface area contributed by atoms with Crippen molar-refractivity contribution in [2.24, 2.45) is 10.2 Å². The van der Waals surface area contributed by atoms with Crippen LogP contribution in [0.4, 0.5) is 11.4 Å². The van der Waals surface area contributed by atoms with Crippen LogP contribution in [0.3, 0.4) is 0 Å². The van der Waals surface area contributed by atoms with E-state index in [0.717, 1.165) is 42.5 Å². The molecule has 0 aliphatic rings. The van der Waals surface area contributed by atoms with Crippen molar-refractivity contribution < 1.29 is 211 Å². The molecule has 0 heterocycles. The molecule has 0 bridgehead atoms. The van der Waals surface area contributed by atoms with E-state index < -0.39 is 74.1 Å². The van der Waals surface area contributed by atoms with Gasteiger partial charge in [-0.05, 0) is 53.9 Å². The fourth-order valence-electron chi connectivity index (χ4n) is 2.96. The second kappa shape index (κ2) is 16.4. The molecule has 0 radical (unpaired) electrons. The van der Waals surface area contributed by atoms with Gasteiger partial charge in [0.05, 0.1) is 32.7 Å². The van der Waals surface area contributed by atoms with Crippen LogP contribution in [0.25, 0.3) is 10.8 Å². The van der Waals surface area contributed by atoms with Crippen LogP contribution in [0.1, 0.15) is 0 Å². The number of rotatable bonds is 9. The zero-order chi connectivity index (χ0) is 27.8. The number of benzene rings is 3. The average Bonchev–Trinajstić information content (AvgIpc) is 2.76. The van der Waals surface area contributed by atoms with Crippen molar-refractivity contribution in [3.05, 3.63) is 48.5 Å². The van der Waals surface area contributed by atoms with Gasteiger partial charge >= 0.3 is 154 Å². The molecule has 0 atom stereocenters. The maximum absolute atomic E-state index is 12.2. The van der Waals surface area contributed by atoms with Crippen LogP contribution in [-0.2, 0) is 44.7 Å². The molecule has 0 fully saturated rings. The number of aromatic hydroxyl groups is 1. The summed E-state index contributed by atoms with van der Waals surface area (Å²) in [7, 11) is -19.4. The Kier molecular flexibility index (Phi) is 17.2. The molecule has 0 aliphatic carbocycles. The Balaban J connectivity index is 0.00000507. The van der Waals surface area contributed by atoms with Crippen LogP contribution in [0.5, 0.6) is 5.75 Å². The molecule has 0 aliphatic heterocycles. The number of nitrogens with zero attached hydrogens (tertiary/aromatic N) is 2. The zero-order valence-electron chi connectivity index (χ0n) is 20.9. The minimum Gasteiger partial charge on any atom is -0.744 e. The minimum absolute atomic E-state index is 0. The summed E-state index contributed by atoms with van der Waals surface area (Å²) >= 11 is 0. The predicted octanol–water partition coefficient (Wildman–Crippen LogP) is -7.97. The molecular formula is C18H13K3N2O13S4. The summed E-state index contributed by atoms with van der Waals surface area (Å²) < 4.78 is 129. The Bertz CT molecular complexity index is 1850. The molecule has 1 N–H and O–H groups in total. The number of azo groups is 1. The van der Waals surface area contributed by atoms with Crippen LogP contribution in [0, 0.1) is 0 Å². The molecule has 0 saturated heterocycles. The van der Waals surface area contributed by atoms with Gasteiger partial charge in [0.15, 0.2) is 15.6 Å². The summed E-state index contributed by atoms with van der Waals surface area (Å²) in [5, 5.41) is 17.3. The van der Waals surface area contributed by atoms with Gasteiger partial charge in [-0.15, -0.1) is 5.11 Å². The topological polar surface area (TPSA) is 260 Å². The number of phenolic OH excluding ortho intramolecular Hbond substituents is 1. The van der Waals surface area contributed by atoms with Gasteiger partial charge in [-0.1, -0.05) is 0 Å². The number of hydrogen-bond acceptors (Lipinski definition) is 15. The molecule has 3 aromatic carbocycles. The van der Waals surface area contributed by atoms with Crippen LogP contribution in [-0.4, -0.2) is 64.8 Å². The fraction of sp³-hybridized carbons (Fsp3) is 0.111. The van der Waals surface area contributed by atoms with Crippen molar-refractivity contribution in [3.63, 3.8) is 0 Å². The van der Waals surface area contributed by atoms with E-state index in [1.165, 1.54) is 0 Å². The maximum atomic E-state index is 12.2. The second-order valence-electron chi connectivity index (χ2n) is 7.11. The summed E-state index contributed by atoms with van der Waals surface area (Å²) in [5.74, 6) is -1.70. The molecule has 40 heavy (non-hydrogen) atoms. The van der Waals surface area contributed by atoms with Gasteiger partial charge in [0.2, 0.25) is 10.4 Å². The fourth-order valence-corrected chi connectivity index (χ4v) is 5.60. The van der Waals surface area contributed by atoms with Crippen molar-refractivity contribution in [2.75, 3.05) is 12.4 Å². The third kappa shape index (κ3) is 11.7. The van der Waals surface area contributed by atoms with E-state index >= 15 is 0 Å². The zero-order valence-corrected chi connectivity index (χ0v) is 33.5. The monoisotopic (exact) mass is 710 g/mol. The second-order valence-corrected chi connectivity index (χ2v) is 13.0. The van der Waals surface area contributed by atoms with Crippen LogP contribution in [0.15, 0.2) is 73.4 Å². The third-order valence-corrected chi connectivity index (χ3v) is 8.45. The Hall–Kier alpha value is 1.87. The van der Waals surface area contributed by atoms with Gasteiger partial charge in [0.25, 0.3) is 0 Å². The van der Waals surface area contributed by atoms with Crippen molar-refractivity contribution in [3.8, 4) is 5.75 Å². The van der Waals surface area contributed by atoms with E-state index in [2.05, 4.69) is 14.4 Å². The van der Waals surface area contributed by atoms with Crippen molar-refractivity contribution in [1.82, 2.24) is 0 Å². The maximum Gasteiger partial charge on any atom is 1.00 e. The van der Waals surface area contributed by atoms with E-state index in [9.17, 15) is 52.4 Å². The van der Waals surface area contributed by atoms with Gasteiger partial charge in [-0.2, -0.15) is 5.11 Å². The Morgan fingerprint density at radius 1 is 0.725 bits per heavy atom. The Morgan fingerprint density at radius 3 is 1.77 bits per heavy atom. The summed E-state index contributed by atoms with van der Waals surface area (Å²) in [4.78, 5) is -2.12. The molecule has 0 amide bonds. The predicted molar refractivity (Wildman–Crippen MR) is 120 cm³/mol. The van der Waals surface area contributed by atoms with Gasteiger partial charge in [-0.25, -0.2) is 33.7 Å². The smallest absolute Gasteiger partial charge is 0.744 e. The number of phenols is 1. The minimum atomic E-state index is -5.29. The normalized spacial score (nSPS) is 12.4. The van der Waals surface area contributed by atoms with E-state index in [-0.39, 0.29) is 176 Å². The van der Waals surface area contributed by atoms with E-state index in [1.807, 2.05) is 0 Å². The van der Waals surface area contributed by atoms with Crippen LogP contribution >= 0.6 is 0 Å². The first kappa shape index (κ1) is 41.9. The molecule has 0 spiro atoms. The van der Waals surface area contributed by atoms with Gasteiger partial charge < -0.3 is 18.8 Å². The quantitative estimate of drug-likeness (QED) is 0.0938. The molecular weight excluding hydrogens is 698 g/mol. The average molecular weight is 711 g/mol. The summed E-state index contributed by atoms with van der Waals surface area (Å²) in [6.07, 6.45) is 0. The first-order valence-electron chi connectivity index (χ1n) is 9.45. The number of sulfone groups is 1. The first-order chi connectivity index (χ1) is 16.9. The van der Waals surface area contributed by atoms with E-state index in [1.54, 1.807) is 0 Å². The van der Waals surface area contributed by atoms with E-state index in [4.69, 9.17) is 0 Å². The number of hydrogen-bond donors (Lipinski definition) is 1. The molecule has 0 aromatic heterocycles. The SMILES string of the molecule is O=S(=O)([O-])OCCS(=O)(=O)c1ccc(N=Nc2c(S(=O)(=O)[O-])cc3cc(S(=O)(=O)[O-])ccc3c2O)cc1.[K+].[K+].[K+]. The first-order valence-corrected chi connectivity index (χ1v) is 15.2. The molecule has 0 unspecified atom stereocenters. The van der Waals surface area contributed by atoms with Crippen molar-refractivity contribution in [1.29, 1.82) is 0 Å². The third-order valence-electron chi connectivity index (χ3n) is 4.62. The van der Waals surface area contributed by atoms with Gasteiger partial charge in [0.1, 0.15) is 25.9 Å².